The van der Waals surface area contributed by atoms with Gasteiger partial charge in [0.05, 0.1) is 5.75 Å². The molecule has 0 bridgehead atoms. The molecule has 1 heterocycles. The number of hydrogen-bond acceptors (Lipinski definition) is 5. The van der Waals surface area contributed by atoms with Crippen LogP contribution in [0, 0.1) is 0 Å². The van der Waals surface area contributed by atoms with Crippen LogP contribution in [0.4, 0.5) is 5.69 Å². The zero-order valence-corrected chi connectivity index (χ0v) is 19.1. The molecular weight excluding hydrogens is 418 g/mol. The summed E-state index contributed by atoms with van der Waals surface area (Å²) in [4.78, 5) is 12.4. The summed E-state index contributed by atoms with van der Waals surface area (Å²) in [5.74, 6) is 7.50. The Balaban J connectivity index is 1.37. The monoisotopic (exact) mass is 445 g/mol. The molecule has 7 heteroatoms. The first-order valence-electron chi connectivity index (χ1n) is 10.7. The van der Waals surface area contributed by atoms with Crippen LogP contribution in [0.3, 0.4) is 0 Å². The SMILES string of the molecule is CCC(C)c1ccc(NC(=O)CSc2nnc(Cc3cccc4ccccc34)n2N)cc1. The normalized spacial score (nSPS) is 12.1. The fourth-order valence-electron chi connectivity index (χ4n) is 3.60. The summed E-state index contributed by atoms with van der Waals surface area (Å²) in [6.07, 6.45) is 1.66. The number of anilines is 1. The summed E-state index contributed by atoms with van der Waals surface area (Å²) in [5.41, 5.74) is 3.20. The smallest absolute Gasteiger partial charge is 0.234 e. The highest BCUT2D eigenvalue weighted by Gasteiger charge is 2.14. The molecular formula is C25H27N5OS. The van der Waals surface area contributed by atoms with Gasteiger partial charge in [-0.05, 0) is 46.4 Å². The maximum atomic E-state index is 12.4. The fraction of sp³-hybridized carbons (Fsp3) is 0.240. The number of carbonyl (C=O) groups excluding carboxylic acids is 1. The Morgan fingerprint density at radius 2 is 1.81 bits per heavy atom. The number of fused-ring (bicyclic) bond motifs is 1. The van der Waals surface area contributed by atoms with Crippen molar-refractivity contribution in [1.82, 2.24) is 14.9 Å². The highest BCUT2D eigenvalue weighted by molar-refractivity contribution is 7.99. The molecule has 0 aliphatic heterocycles. The van der Waals surface area contributed by atoms with Crippen LogP contribution in [-0.4, -0.2) is 26.5 Å². The van der Waals surface area contributed by atoms with Crippen molar-refractivity contribution in [3.8, 4) is 0 Å². The molecule has 4 rings (SSSR count). The van der Waals surface area contributed by atoms with Gasteiger partial charge in [-0.2, -0.15) is 0 Å². The lowest BCUT2D eigenvalue weighted by Gasteiger charge is -2.10. The highest BCUT2D eigenvalue weighted by atomic mass is 32.2. The van der Waals surface area contributed by atoms with Crippen LogP contribution in [0.25, 0.3) is 10.8 Å². The predicted octanol–water partition coefficient (Wildman–Crippen LogP) is 4.98. The third-order valence-electron chi connectivity index (χ3n) is 5.67. The number of nitrogens with two attached hydrogens (primary N) is 1. The molecule has 0 fully saturated rings. The van der Waals surface area contributed by atoms with Crippen LogP contribution in [-0.2, 0) is 11.2 Å². The lowest BCUT2D eigenvalue weighted by molar-refractivity contribution is -0.113. The van der Waals surface area contributed by atoms with Crippen LogP contribution < -0.4 is 11.2 Å². The highest BCUT2D eigenvalue weighted by Crippen LogP contribution is 2.23. The van der Waals surface area contributed by atoms with Crippen LogP contribution in [0.15, 0.2) is 71.9 Å². The second-order valence-corrected chi connectivity index (χ2v) is 8.79. The quantitative estimate of drug-likeness (QED) is 0.295. The number of amides is 1. The summed E-state index contributed by atoms with van der Waals surface area (Å²) in [5, 5.41) is 14.2. The van der Waals surface area contributed by atoms with Crippen molar-refractivity contribution >= 4 is 34.1 Å². The van der Waals surface area contributed by atoms with E-state index >= 15 is 0 Å². The lowest BCUT2D eigenvalue weighted by atomic mass is 9.99. The summed E-state index contributed by atoms with van der Waals surface area (Å²) < 4.78 is 1.47. The Kier molecular flexibility index (Phi) is 6.75. The third kappa shape index (κ3) is 4.94. The Morgan fingerprint density at radius 3 is 2.59 bits per heavy atom. The number of thioether (sulfide) groups is 1. The number of nitrogens with zero attached hydrogens (tertiary/aromatic N) is 3. The van der Waals surface area contributed by atoms with E-state index in [-0.39, 0.29) is 11.7 Å². The van der Waals surface area contributed by atoms with Gasteiger partial charge in [-0.3, -0.25) is 4.79 Å². The van der Waals surface area contributed by atoms with Crippen molar-refractivity contribution in [3.63, 3.8) is 0 Å². The Hall–Kier alpha value is -3.32. The number of nitrogen functional groups attached to an aromatic ring is 1. The molecule has 0 aliphatic carbocycles. The van der Waals surface area contributed by atoms with Gasteiger partial charge in [0, 0.05) is 12.1 Å². The average molecular weight is 446 g/mol. The van der Waals surface area contributed by atoms with E-state index < -0.39 is 0 Å². The topological polar surface area (TPSA) is 85.8 Å². The molecule has 1 unspecified atom stereocenters. The van der Waals surface area contributed by atoms with Crippen molar-refractivity contribution in [2.75, 3.05) is 16.9 Å². The molecule has 0 spiro atoms. The molecule has 4 aromatic rings. The maximum Gasteiger partial charge on any atom is 0.234 e. The van der Waals surface area contributed by atoms with Crippen LogP contribution in [0.5, 0.6) is 0 Å². The maximum absolute atomic E-state index is 12.4. The Labute approximate surface area is 192 Å². The first kappa shape index (κ1) is 21.9. The molecule has 3 N–H and O–H groups in total. The van der Waals surface area contributed by atoms with E-state index in [2.05, 4.69) is 65.8 Å². The zero-order chi connectivity index (χ0) is 22.5. The van der Waals surface area contributed by atoms with Gasteiger partial charge in [0.15, 0.2) is 5.82 Å². The number of nitrogens with one attached hydrogen (secondary N) is 1. The second-order valence-electron chi connectivity index (χ2n) is 7.85. The van der Waals surface area contributed by atoms with Gasteiger partial charge < -0.3 is 11.2 Å². The van der Waals surface area contributed by atoms with Gasteiger partial charge >= 0.3 is 0 Å². The van der Waals surface area contributed by atoms with Gasteiger partial charge in [0.1, 0.15) is 0 Å². The molecule has 3 aromatic carbocycles. The van der Waals surface area contributed by atoms with Crippen molar-refractivity contribution in [1.29, 1.82) is 0 Å². The number of hydrogen-bond donors (Lipinski definition) is 2. The largest absolute Gasteiger partial charge is 0.336 e. The summed E-state index contributed by atoms with van der Waals surface area (Å²) in [6, 6.07) is 22.4. The van der Waals surface area contributed by atoms with Crippen LogP contribution in [0.1, 0.15) is 43.1 Å². The molecule has 1 amide bonds. The van der Waals surface area contributed by atoms with Gasteiger partial charge in [0.2, 0.25) is 11.1 Å². The van der Waals surface area contributed by atoms with Crippen molar-refractivity contribution in [2.45, 2.75) is 37.8 Å². The average Bonchev–Trinajstić information content (AvgIpc) is 3.17. The Bertz CT molecular complexity index is 1210. The van der Waals surface area contributed by atoms with E-state index in [1.54, 1.807) is 0 Å². The summed E-state index contributed by atoms with van der Waals surface area (Å²) in [7, 11) is 0. The predicted molar refractivity (Wildman–Crippen MR) is 131 cm³/mol. The van der Waals surface area contributed by atoms with Gasteiger partial charge in [0.25, 0.3) is 0 Å². The molecule has 1 atom stereocenters. The molecule has 0 saturated carbocycles. The van der Waals surface area contributed by atoms with Gasteiger partial charge in [-0.25, -0.2) is 4.68 Å². The number of aromatic nitrogens is 3. The standard InChI is InChI=1S/C25H27N5OS/c1-3-17(2)18-11-13-21(14-12-18)27-24(31)16-32-25-29-28-23(30(25)26)15-20-9-6-8-19-7-4-5-10-22(19)20/h4-14,17H,3,15-16,26H2,1-2H3,(H,27,31). The fourth-order valence-corrected chi connectivity index (χ4v) is 4.28. The summed E-state index contributed by atoms with van der Waals surface area (Å²) in [6.45, 7) is 4.36. The first-order chi connectivity index (χ1) is 15.5. The second kappa shape index (κ2) is 9.87. The molecule has 6 nitrogen and oxygen atoms in total. The Morgan fingerprint density at radius 1 is 1.06 bits per heavy atom. The lowest BCUT2D eigenvalue weighted by Crippen LogP contribution is -2.17. The van der Waals surface area contributed by atoms with Crippen molar-refractivity contribution in [2.24, 2.45) is 0 Å². The van der Waals surface area contributed by atoms with E-state index in [4.69, 9.17) is 5.84 Å². The minimum absolute atomic E-state index is 0.107. The van der Waals surface area contributed by atoms with Gasteiger partial charge in [-0.15, -0.1) is 10.2 Å². The zero-order valence-electron chi connectivity index (χ0n) is 18.3. The van der Waals surface area contributed by atoms with E-state index in [0.29, 0.717) is 23.3 Å². The van der Waals surface area contributed by atoms with Gasteiger partial charge in [-0.1, -0.05) is 80.2 Å². The van der Waals surface area contributed by atoms with E-state index in [1.165, 1.54) is 32.8 Å². The molecule has 164 valence electrons. The minimum Gasteiger partial charge on any atom is -0.336 e. The van der Waals surface area contributed by atoms with E-state index in [9.17, 15) is 4.79 Å². The minimum atomic E-state index is -0.107. The molecule has 0 saturated heterocycles. The van der Waals surface area contributed by atoms with Crippen molar-refractivity contribution < 1.29 is 4.79 Å². The van der Waals surface area contributed by atoms with Crippen molar-refractivity contribution in [3.05, 3.63) is 83.7 Å². The molecule has 0 radical (unpaired) electrons. The molecule has 32 heavy (non-hydrogen) atoms. The van der Waals surface area contributed by atoms with E-state index in [0.717, 1.165) is 17.7 Å². The summed E-state index contributed by atoms with van der Waals surface area (Å²) >= 11 is 1.27. The third-order valence-corrected chi connectivity index (χ3v) is 6.61. The number of carbonyl (C=O) groups is 1. The molecule has 1 aromatic heterocycles. The first-order valence-corrected chi connectivity index (χ1v) is 11.7. The number of benzene rings is 3. The van der Waals surface area contributed by atoms with Crippen LogP contribution >= 0.6 is 11.8 Å². The van der Waals surface area contributed by atoms with E-state index in [1.807, 2.05) is 30.3 Å². The number of rotatable bonds is 8. The van der Waals surface area contributed by atoms with Crippen LogP contribution in [0.2, 0.25) is 0 Å². The molecule has 0 aliphatic rings.